The fraction of sp³-hybridized carbons (Fsp3) is 0.324. The number of amides is 1. The highest BCUT2D eigenvalue weighted by Gasteiger charge is 2.22. The van der Waals surface area contributed by atoms with Crippen molar-refractivity contribution < 1.29 is 14.3 Å². The molecule has 0 aliphatic rings. The maximum Gasteiger partial charge on any atom is 0.207 e. The lowest BCUT2D eigenvalue weighted by molar-refractivity contribution is -0.109. The summed E-state index contributed by atoms with van der Waals surface area (Å²) in [5, 5.41) is 13.8. The van der Waals surface area contributed by atoms with Crippen LogP contribution in [0, 0.1) is 27.7 Å². The third-order valence-electron chi connectivity index (χ3n) is 8.43. The van der Waals surface area contributed by atoms with Gasteiger partial charge in [-0.15, -0.1) is 0 Å². The summed E-state index contributed by atoms with van der Waals surface area (Å²) in [6, 6.07) is 13.4. The van der Waals surface area contributed by atoms with Crippen molar-refractivity contribution >= 4 is 52.8 Å². The molecule has 9 nitrogen and oxygen atoms in total. The molecule has 0 fully saturated rings. The molecule has 1 amide bonds. The SMILES string of the molecule is Cc1cc(OCCC/C(=C\Cc2c(C=O)cccc2N(C)N)c2ccc(Cl)c(-c3c(C)nn(C)c3C)c2NCCNC=O)cc(C)c1Cl. The first-order valence-corrected chi connectivity index (χ1v) is 16.6. The number of carbonyl (C=O) groups excluding carboxylic acids is 2. The fourth-order valence-corrected chi connectivity index (χ4v) is 6.36. The molecule has 1 heterocycles. The Kier molecular flexibility index (Phi) is 12.7. The highest BCUT2D eigenvalue weighted by molar-refractivity contribution is 6.34. The van der Waals surface area contributed by atoms with Crippen LogP contribution in [0.3, 0.4) is 0 Å². The first-order chi connectivity index (χ1) is 23.0. The number of rotatable bonds is 16. The molecule has 1 aromatic heterocycles. The van der Waals surface area contributed by atoms with E-state index in [-0.39, 0.29) is 0 Å². The van der Waals surface area contributed by atoms with E-state index in [1.165, 1.54) is 5.01 Å². The Morgan fingerprint density at radius 3 is 2.40 bits per heavy atom. The number of halogens is 2. The van der Waals surface area contributed by atoms with Crippen LogP contribution in [0.5, 0.6) is 5.75 Å². The maximum absolute atomic E-state index is 12.1. The number of hydrogen-bond donors (Lipinski definition) is 3. The highest BCUT2D eigenvalue weighted by atomic mass is 35.5. The molecule has 48 heavy (non-hydrogen) atoms. The lowest BCUT2D eigenvalue weighted by Gasteiger charge is -2.22. The number of ether oxygens (including phenoxy) is 1. The van der Waals surface area contributed by atoms with E-state index < -0.39 is 0 Å². The molecule has 0 aliphatic heterocycles. The molecule has 4 N–H and O–H groups in total. The monoisotopic (exact) mass is 690 g/mol. The molecule has 0 spiro atoms. The Morgan fingerprint density at radius 1 is 1.04 bits per heavy atom. The van der Waals surface area contributed by atoms with Gasteiger partial charge in [0, 0.05) is 60.2 Å². The van der Waals surface area contributed by atoms with E-state index >= 15 is 0 Å². The van der Waals surface area contributed by atoms with Gasteiger partial charge in [0.05, 0.1) is 28.7 Å². The smallest absolute Gasteiger partial charge is 0.207 e. The number of aldehydes is 1. The highest BCUT2D eigenvalue weighted by Crippen LogP contribution is 2.43. The van der Waals surface area contributed by atoms with Gasteiger partial charge in [-0.25, -0.2) is 5.84 Å². The van der Waals surface area contributed by atoms with Crippen molar-refractivity contribution in [3.63, 3.8) is 0 Å². The van der Waals surface area contributed by atoms with Crippen LogP contribution in [0.2, 0.25) is 10.0 Å². The van der Waals surface area contributed by atoms with Crippen molar-refractivity contribution in [1.82, 2.24) is 15.1 Å². The number of hydrazine groups is 1. The Hall–Kier alpha value is -4.31. The molecule has 0 radical (unpaired) electrons. The van der Waals surface area contributed by atoms with E-state index in [0.29, 0.717) is 56.0 Å². The number of nitrogens with one attached hydrogen (secondary N) is 2. The zero-order valence-corrected chi connectivity index (χ0v) is 29.9. The molecule has 0 atom stereocenters. The van der Waals surface area contributed by atoms with Gasteiger partial charge in [0.15, 0.2) is 0 Å². The lowest BCUT2D eigenvalue weighted by atomic mass is 9.91. The van der Waals surface area contributed by atoms with E-state index in [4.69, 9.17) is 33.8 Å². The molecule has 0 saturated heterocycles. The van der Waals surface area contributed by atoms with Gasteiger partial charge in [0.25, 0.3) is 0 Å². The van der Waals surface area contributed by atoms with Gasteiger partial charge in [0.1, 0.15) is 12.0 Å². The van der Waals surface area contributed by atoms with Crippen LogP contribution < -0.4 is 26.2 Å². The fourth-order valence-electron chi connectivity index (χ4n) is 6.00. The number of anilines is 2. The van der Waals surface area contributed by atoms with E-state index in [1.807, 2.05) is 75.8 Å². The molecular weight excluding hydrogens is 647 g/mol. The summed E-state index contributed by atoms with van der Waals surface area (Å²) in [6.07, 6.45) is 5.53. The molecule has 3 aromatic carbocycles. The number of nitrogens with zero attached hydrogens (tertiary/aromatic N) is 3. The van der Waals surface area contributed by atoms with Gasteiger partial charge in [-0.3, -0.25) is 14.3 Å². The average molecular weight is 692 g/mol. The topological polar surface area (TPSA) is 115 Å². The Balaban J connectivity index is 1.81. The van der Waals surface area contributed by atoms with Crippen LogP contribution in [0.15, 0.2) is 48.5 Å². The second-order valence-electron chi connectivity index (χ2n) is 11.8. The van der Waals surface area contributed by atoms with E-state index in [1.54, 1.807) is 13.1 Å². The van der Waals surface area contributed by atoms with Crippen molar-refractivity contribution in [2.45, 2.75) is 47.0 Å². The maximum atomic E-state index is 12.1. The Morgan fingerprint density at radius 2 is 1.77 bits per heavy atom. The quantitative estimate of drug-likeness (QED) is 0.0486. The molecule has 254 valence electrons. The van der Waals surface area contributed by atoms with Crippen LogP contribution in [-0.2, 0) is 18.3 Å². The summed E-state index contributed by atoms with van der Waals surface area (Å²) in [5.74, 6) is 6.96. The van der Waals surface area contributed by atoms with E-state index in [9.17, 15) is 9.59 Å². The largest absolute Gasteiger partial charge is 0.494 e. The zero-order valence-electron chi connectivity index (χ0n) is 28.4. The van der Waals surface area contributed by atoms with Crippen LogP contribution in [-0.4, -0.2) is 49.2 Å². The van der Waals surface area contributed by atoms with Gasteiger partial charge < -0.3 is 20.4 Å². The number of carbonyl (C=O) groups is 2. The number of allylic oxidation sites excluding steroid dienone is 2. The van der Waals surface area contributed by atoms with Crippen molar-refractivity contribution in [3.8, 4) is 16.9 Å². The second kappa shape index (κ2) is 16.7. The summed E-state index contributed by atoms with van der Waals surface area (Å²) in [6.45, 7) is 9.30. The third-order valence-corrected chi connectivity index (χ3v) is 9.34. The normalized spacial score (nSPS) is 11.4. The summed E-state index contributed by atoms with van der Waals surface area (Å²) in [5.41, 5.74) is 10.6. The number of hydrogen-bond acceptors (Lipinski definition) is 7. The van der Waals surface area contributed by atoms with Crippen LogP contribution in [0.25, 0.3) is 16.7 Å². The minimum absolute atomic E-state index is 0.422. The Bertz CT molecular complexity index is 1790. The number of aromatic nitrogens is 2. The average Bonchev–Trinajstić information content (AvgIpc) is 3.31. The summed E-state index contributed by atoms with van der Waals surface area (Å²) >= 11 is 13.4. The molecule has 0 aliphatic carbocycles. The molecule has 0 unspecified atom stereocenters. The van der Waals surface area contributed by atoms with E-state index in [0.717, 1.165) is 78.8 Å². The lowest BCUT2D eigenvalue weighted by Crippen LogP contribution is -2.26. The van der Waals surface area contributed by atoms with Gasteiger partial charge >= 0.3 is 0 Å². The predicted octanol–water partition coefficient (Wildman–Crippen LogP) is 7.39. The molecule has 0 saturated carbocycles. The first kappa shape index (κ1) is 36.5. The van der Waals surface area contributed by atoms with Crippen LogP contribution >= 0.6 is 23.2 Å². The molecular formula is C37H44Cl2N6O3. The minimum atomic E-state index is 0.422. The summed E-state index contributed by atoms with van der Waals surface area (Å²) < 4.78 is 8.03. The molecule has 0 bridgehead atoms. The standard InChI is InChI=1S/C37H44Cl2N6O3/c1-23-19-29(20-24(2)36(23)39)48-18-8-10-27(12-13-30-28(21-46)9-7-11-33(30)44(5)40)31-14-15-32(38)35(37(31)42-17-16-41-22-47)34-25(3)43-45(6)26(34)4/h7,9,11-12,14-15,19-22,42H,8,10,13,16-18,40H2,1-6H3,(H,41,47)/b27-12+. The zero-order chi connectivity index (χ0) is 35.0. The number of aryl methyl sites for hydroxylation is 4. The van der Waals surface area contributed by atoms with Crippen molar-refractivity contribution in [2.24, 2.45) is 12.9 Å². The van der Waals surface area contributed by atoms with Crippen molar-refractivity contribution in [1.29, 1.82) is 0 Å². The van der Waals surface area contributed by atoms with Crippen LogP contribution in [0.4, 0.5) is 11.4 Å². The first-order valence-electron chi connectivity index (χ1n) is 15.9. The Labute approximate surface area is 293 Å². The second-order valence-corrected chi connectivity index (χ2v) is 12.6. The van der Waals surface area contributed by atoms with Crippen LogP contribution in [0.1, 0.15) is 56.8 Å². The summed E-state index contributed by atoms with van der Waals surface area (Å²) in [7, 11) is 3.67. The number of nitrogens with two attached hydrogens (primary N) is 1. The molecule has 11 heteroatoms. The third kappa shape index (κ3) is 8.39. The van der Waals surface area contributed by atoms with Crippen molar-refractivity contribution in [2.75, 3.05) is 37.1 Å². The van der Waals surface area contributed by atoms with E-state index in [2.05, 4.69) is 21.8 Å². The molecule has 4 rings (SSSR count). The van der Waals surface area contributed by atoms with Crippen molar-refractivity contribution in [3.05, 3.63) is 97.8 Å². The van der Waals surface area contributed by atoms with Gasteiger partial charge in [-0.2, -0.15) is 5.10 Å². The summed E-state index contributed by atoms with van der Waals surface area (Å²) in [4.78, 5) is 23.1. The van der Waals surface area contributed by atoms with Gasteiger partial charge in [-0.1, -0.05) is 47.5 Å². The van der Waals surface area contributed by atoms with Gasteiger partial charge in [0.2, 0.25) is 6.41 Å². The molecule has 4 aromatic rings. The number of benzene rings is 3. The van der Waals surface area contributed by atoms with Gasteiger partial charge in [-0.05, 0) is 93.5 Å². The predicted molar refractivity (Wildman–Crippen MR) is 197 cm³/mol. The minimum Gasteiger partial charge on any atom is -0.494 e.